The molecule has 0 aliphatic heterocycles. The summed E-state index contributed by atoms with van der Waals surface area (Å²) >= 11 is 5.33. The molecule has 0 fully saturated rings. The molecule has 1 rings (SSSR count). The van der Waals surface area contributed by atoms with Crippen LogP contribution in [0.15, 0.2) is 15.9 Å². The van der Waals surface area contributed by atoms with Crippen molar-refractivity contribution in [3.05, 3.63) is 20.8 Å². The summed E-state index contributed by atoms with van der Waals surface area (Å²) in [5, 5.41) is 2.16. The maximum atomic E-state index is 3.49. The van der Waals surface area contributed by atoms with Gasteiger partial charge in [0.2, 0.25) is 0 Å². The van der Waals surface area contributed by atoms with Crippen molar-refractivity contribution in [1.82, 2.24) is 4.90 Å². The van der Waals surface area contributed by atoms with E-state index in [4.69, 9.17) is 0 Å². The van der Waals surface area contributed by atoms with E-state index in [1.165, 1.54) is 35.3 Å². The van der Waals surface area contributed by atoms with Crippen molar-refractivity contribution in [2.45, 2.75) is 33.2 Å². The van der Waals surface area contributed by atoms with Crippen LogP contribution in [0.5, 0.6) is 0 Å². The molecule has 0 spiro atoms. The van der Waals surface area contributed by atoms with Crippen LogP contribution in [0.25, 0.3) is 0 Å². The topological polar surface area (TPSA) is 3.24 Å². The summed E-state index contributed by atoms with van der Waals surface area (Å²) in [6, 6.07) is 2.23. The Morgan fingerprint density at radius 1 is 1.29 bits per heavy atom. The van der Waals surface area contributed by atoms with E-state index in [1.54, 1.807) is 0 Å². The molecule has 0 bridgehead atoms. The highest BCUT2D eigenvalue weighted by Crippen LogP contribution is 2.21. The molecule has 0 aliphatic carbocycles. The minimum Gasteiger partial charge on any atom is -0.298 e. The summed E-state index contributed by atoms with van der Waals surface area (Å²) in [7, 11) is 0. The van der Waals surface area contributed by atoms with Crippen LogP contribution in [0.3, 0.4) is 0 Å². The van der Waals surface area contributed by atoms with Crippen molar-refractivity contribution in [2.24, 2.45) is 0 Å². The normalized spacial score (nSPS) is 11.1. The molecule has 0 radical (unpaired) electrons. The summed E-state index contributed by atoms with van der Waals surface area (Å²) in [5.41, 5.74) is 0. The predicted molar refractivity (Wildman–Crippen MR) is 67.9 cm³/mol. The van der Waals surface area contributed by atoms with Crippen LogP contribution in [-0.4, -0.2) is 18.0 Å². The molecule has 0 aromatic carbocycles. The minimum atomic E-state index is 1.11. The molecule has 1 heterocycles. The molecule has 0 saturated heterocycles. The zero-order valence-electron chi connectivity index (χ0n) is 8.92. The van der Waals surface area contributed by atoms with Crippen LogP contribution < -0.4 is 0 Å². The Kier molecular flexibility index (Phi) is 5.75. The number of rotatable bonds is 6. The van der Waals surface area contributed by atoms with Crippen LogP contribution in [0, 0.1) is 0 Å². The van der Waals surface area contributed by atoms with E-state index in [-0.39, 0.29) is 0 Å². The third kappa shape index (κ3) is 4.11. The lowest BCUT2D eigenvalue weighted by molar-refractivity contribution is 0.269. The van der Waals surface area contributed by atoms with Crippen molar-refractivity contribution in [2.75, 3.05) is 13.1 Å². The Morgan fingerprint density at radius 3 is 2.36 bits per heavy atom. The van der Waals surface area contributed by atoms with E-state index in [0.717, 1.165) is 6.54 Å². The Labute approximate surface area is 99.3 Å². The first-order valence-corrected chi connectivity index (χ1v) is 6.88. The molecule has 0 N–H and O–H groups in total. The van der Waals surface area contributed by atoms with Gasteiger partial charge < -0.3 is 0 Å². The molecular formula is C11H18BrNS. The van der Waals surface area contributed by atoms with Gasteiger partial charge >= 0.3 is 0 Å². The first kappa shape index (κ1) is 12.2. The summed E-state index contributed by atoms with van der Waals surface area (Å²) < 4.78 is 1.21. The number of hydrogen-bond acceptors (Lipinski definition) is 2. The smallest absolute Gasteiger partial charge is 0.0328 e. The van der Waals surface area contributed by atoms with E-state index in [2.05, 4.69) is 46.1 Å². The maximum Gasteiger partial charge on any atom is 0.0328 e. The van der Waals surface area contributed by atoms with E-state index in [1.807, 2.05) is 11.3 Å². The molecule has 1 aromatic rings. The SMILES string of the molecule is CCCN(CCC)Cc1cc(Br)cs1. The molecule has 0 amide bonds. The molecule has 0 unspecified atom stereocenters. The second kappa shape index (κ2) is 6.59. The highest BCUT2D eigenvalue weighted by atomic mass is 79.9. The molecule has 0 aliphatic rings. The fraction of sp³-hybridized carbons (Fsp3) is 0.636. The Balaban J connectivity index is 2.46. The third-order valence-electron chi connectivity index (χ3n) is 2.08. The van der Waals surface area contributed by atoms with Crippen molar-refractivity contribution in [3.63, 3.8) is 0 Å². The van der Waals surface area contributed by atoms with Gasteiger partial charge in [0, 0.05) is 21.3 Å². The van der Waals surface area contributed by atoms with Gasteiger partial charge in [0.15, 0.2) is 0 Å². The van der Waals surface area contributed by atoms with Crippen molar-refractivity contribution >= 4 is 27.3 Å². The summed E-state index contributed by atoms with van der Waals surface area (Å²) in [6.45, 7) is 8.02. The van der Waals surface area contributed by atoms with Gasteiger partial charge in [0.25, 0.3) is 0 Å². The van der Waals surface area contributed by atoms with E-state index in [9.17, 15) is 0 Å². The first-order chi connectivity index (χ1) is 6.76. The number of hydrogen-bond donors (Lipinski definition) is 0. The lowest BCUT2D eigenvalue weighted by Crippen LogP contribution is -2.24. The largest absolute Gasteiger partial charge is 0.298 e. The zero-order valence-corrected chi connectivity index (χ0v) is 11.3. The number of halogens is 1. The quantitative estimate of drug-likeness (QED) is 0.755. The van der Waals surface area contributed by atoms with Crippen molar-refractivity contribution in [1.29, 1.82) is 0 Å². The molecule has 0 atom stereocenters. The third-order valence-corrected chi connectivity index (χ3v) is 3.76. The van der Waals surface area contributed by atoms with Gasteiger partial charge in [-0.3, -0.25) is 4.90 Å². The molecule has 80 valence electrons. The van der Waals surface area contributed by atoms with E-state index in [0.29, 0.717) is 0 Å². The Bertz CT molecular complexity index is 254. The monoisotopic (exact) mass is 275 g/mol. The summed E-state index contributed by atoms with van der Waals surface area (Å²) in [6.07, 6.45) is 2.49. The standard InChI is InChI=1S/C11H18BrNS/c1-3-5-13(6-4-2)8-11-7-10(12)9-14-11/h7,9H,3-6,8H2,1-2H3. The average molecular weight is 276 g/mol. The van der Waals surface area contributed by atoms with E-state index < -0.39 is 0 Å². The van der Waals surface area contributed by atoms with Crippen LogP contribution in [0.1, 0.15) is 31.6 Å². The van der Waals surface area contributed by atoms with Gasteiger partial charge in [-0.25, -0.2) is 0 Å². The second-order valence-electron chi connectivity index (χ2n) is 3.51. The van der Waals surface area contributed by atoms with Crippen LogP contribution in [0.4, 0.5) is 0 Å². The van der Waals surface area contributed by atoms with Crippen LogP contribution >= 0.6 is 27.3 Å². The minimum absolute atomic E-state index is 1.11. The number of nitrogens with zero attached hydrogens (tertiary/aromatic N) is 1. The average Bonchev–Trinajstić information content (AvgIpc) is 2.52. The van der Waals surface area contributed by atoms with Crippen LogP contribution in [-0.2, 0) is 6.54 Å². The lowest BCUT2D eigenvalue weighted by Gasteiger charge is -2.19. The molecular weight excluding hydrogens is 258 g/mol. The molecule has 1 nitrogen and oxygen atoms in total. The summed E-state index contributed by atoms with van der Waals surface area (Å²) in [5.74, 6) is 0. The van der Waals surface area contributed by atoms with Crippen molar-refractivity contribution < 1.29 is 0 Å². The zero-order chi connectivity index (χ0) is 10.4. The predicted octanol–water partition coefficient (Wildman–Crippen LogP) is 4.13. The molecule has 1 aromatic heterocycles. The second-order valence-corrected chi connectivity index (χ2v) is 5.42. The lowest BCUT2D eigenvalue weighted by atomic mass is 10.3. The number of thiophene rings is 1. The van der Waals surface area contributed by atoms with Gasteiger partial charge in [-0.2, -0.15) is 0 Å². The molecule has 3 heteroatoms. The molecule has 14 heavy (non-hydrogen) atoms. The Morgan fingerprint density at radius 2 is 1.93 bits per heavy atom. The summed E-state index contributed by atoms with van der Waals surface area (Å²) in [4.78, 5) is 3.98. The maximum absolute atomic E-state index is 3.49. The van der Waals surface area contributed by atoms with Gasteiger partial charge in [-0.1, -0.05) is 13.8 Å². The van der Waals surface area contributed by atoms with Gasteiger partial charge in [-0.05, 0) is 47.9 Å². The fourth-order valence-electron chi connectivity index (χ4n) is 1.56. The van der Waals surface area contributed by atoms with Gasteiger partial charge in [0.1, 0.15) is 0 Å². The van der Waals surface area contributed by atoms with Crippen molar-refractivity contribution in [3.8, 4) is 0 Å². The van der Waals surface area contributed by atoms with Gasteiger partial charge in [0.05, 0.1) is 0 Å². The highest BCUT2D eigenvalue weighted by Gasteiger charge is 2.05. The van der Waals surface area contributed by atoms with Gasteiger partial charge in [-0.15, -0.1) is 11.3 Å². The molecule has 0 saturated carbocycles. The first-order valence-electron chi connectivity index (χ1n) is 5.21. The fourth-order valence-corrected chi connectivity index (χ4v) is 3.05. The Hall–Kier alpha value is 0.140. The van der Waals surface area contributed by atoms with Crippen LogP contribution in [0.2, 0.25) is 0 Å². The van der Waals surface area contributed by atoms with E-state index >= 15 is 0 Å². The highest BCUT2D eigenvalue weighted by molar-refractivity contribution is 9.10.